The van der Waals surface area contributed by atoms with Crippen LogP contribution in [-0.4, -0.2) is 22.4 Å². The molecule has 0 fully saturated rings. The molecule has 2 aliphatic heterocycles. The largest absolute Gasteiger partial charge is 0.493 e. The summed E-state index contributed by atoms with van der Waals surface area (Å²) < 4.78 is 0. The highest BCUT2D eigenvalue weighted by atomic mass is 16.3. The fourth-order valence-electron chi connectivity index (χ4n) is 1.07. The minimum absolute atomic E-state index is 0.108. The summed E-state index contributed by atoms with van der Waals surface area (Å²) in [6.07, 6.45) is 9.31. The van der Waals surface area contributed by atoms with E-state index in [0.717, 1.165) is 5.84 Å². The van der Waals surface area contributed by atoms with E-state index < -0.39 is 0 Å². The molecule has 0 aromatic heterocycles. The van der Waals surface area contributed by atoms with Crippen molar-refractivity contribution in [1.82, 2.24) is 4.90 Å². The number of rotatable bonds is 0. The van der Waals surface area contributed by atoms with Gasteiger partial charge in [-0.1, -0.05) is 6.08 Å². The second kappa shape index (κ2) is 2.27. The van der Waals surface area contributed by atoms with Crippen molar-refractivity contribution in [2.75, 3.05) is 6.54 Å². The van der Waals surface area contributed by atoms with E-state index in [1.54, 1.807) is 6.08 Å². The van der Waals surface area contributed by atoms with E-state index in [4.69, 9.17) is 5.11 Å². The van der Waals surface area contributed by atoms with E-state index >= 15 is 0 Å². The Morgan fingerprint density at radius 3 is 3.27 bits per heavy atom. The van der Waals surface area contributed by atoms with Gasteiger partial charge < -0.3 is 10.0 Å². The zero-order valence-electron chi connectivity index (χ0n) is 5.94. The molecule has 0 unspecified atom stereocenters. The fourth-order valence-corrected chi connectivity index (χ4v) is 1.07. The van der Waals surface area contributed by atoms with Crippen LogP contribution in [0.15, 0.2) is 41.4 Å². The SMILES string of the molecule is OC1=CCN2C=CC=CC2=N1. The second-order valence-corrected chi connectivity index (χ2v) is 2.39. The van der Waals surface area contributed by atoms with Crippen molar-refractivity contribution < 1.29 is 5.11 Å². The van der Waals surface area contributed by atoms with Crippen LogP contribution in [0, 0.1) is 0 Å². The van der Waals surface area contributed by atoms with Crippen molar-refractivity contribution >= 4 is 5.84 Å². The molecule has 2 aliphatic rings. The van der Waals surface area contributed by atoms with Crippen LogP contribution >= 0.6 is 0 Å². The smallest absolute Gasteiger partial charge is 0.210 e. The normalized spacial score (nSPS) is 20.9. The van der Waals surface area contributed by atoms with Gasteiger partial charge in [0.1, 0.15) is 5.84 Å². The Labute approximate surface area is 64.7 Å². The van der Waals surface area contributed by atoms with Crippen molar-refractivity contribution in [3.63, 3.8) is 0 Å². The van der Waals surface area contributed by atoms with Crippen molar-refractivity contribution in [2.45, 2.75) is 0 Å². The summed E-state index contributed by atoms with van der Waals surface area (Å²) in [4.78, 5) is 5.88. The van der Waals surface area contributed by atoms with E-state index in [2.05, 4.69) is 4.99 Å². The van der Waals surface area contributed by atoms with Crippen molar-refractivity contribution in [2.24, 2.45) is 4.99 Å². The van der Waals surface area contributed by atoms with Crippen LogP contribution in [0.2, 0.25) is 0 Å². The lowest BCUT2D eigenvalue weighted by Gasteiger charge is -2.23. The summed E-state index contributed by atoms with van der Waals surface area (Å²) in [6, 6.07) is 0. The number of hydrogen-bond acceptors (Lipinski definition) is 3. The zero-order chi connectivity index (χ0) is 7.68. The first-order valence-electron chi connectivity index (χ1n) is 3.45. The molecule has 0 saturated carbocycles. The Morgan fingerprint density at radius 1 is 1.45 bits per heavy atom. The highest BCUT2D eigenvalue weighted by molar-refractivity contribution is 5.96. The second-order valence-electron chi connectivity index (χ2n) is 2.39. The molecule has 0 bridgehead atoms. The third-order valence-electron chi connectivity index (χ3n) is 1.62. The van der Waals surface area contributed by atoms with Crippen LogP contribution < -0.4 is 0 Å². The fraction of sp³-hybridized carbons (Fsp3) is 0.125. The maximum Gasteiger partial charge on any atom is 0.210 e. The van der Waals surface area contributed by atoms with Gasteiger partial charge in [0.25, 0.3) is 0 Å². The van der Waals surface area contributed by atoms with E-state index in [0.29, 0.717) is 6.54 Å². The number of nitrogens with zero attached hydrogens (tertiary/aromatic N) is 2. The molecule has 2 heterocycles. The van der Waals surface area contributed by atoms with Crippen LogP contribution in [0.4, 0.5) is 0 Å². The molecule has 3 heteroatoms. The highest BCUT2D eigenvalue weighted by Crippen LogP contribution is 2.09. The van der Waals surface area contributed by atoms with Gasteiger partial charge in [-0.15, -0.1) is 0 Å². The molecule has 11 heavy (non-hydrogen) atoms. The number of hydrogen-bond donors (Lipinski definition) is 1. The molecule has 0 aromatic carbocycles. The molecule has 2 rings (SSSR count). The first-order chi connectivity index (χ1) is 5.36. The lowest BCUT2D eigenvalue weighted by molar-refractivity contribution is 0.392. The number of aliphatic hydroxyl groups is 1. The van der Waals surface area contributed by atoms with Gasteiger partial charge in [0.2, 0.25) is 5.88 Å². The number of allylic oxidation sites excluding steroid dienone is 2. The monoisotopic (exact) mass is 148 g/mol. The topological polar surface area (TPSA) is 35.8 Å². The summed E-state index contributed by atoms with van der Waals surface area (Å²) >= 11 is 0. The van der Waals surface area contributed by atoms with Gasteiger partial charge in [-0.25, -0.2) is 0 Å². The number of fused-ring (bicyclic) bond motifs is 1. The van der Waals surface area contributed by atoms with E-state index in [1.165, 1.54) is 0 Å². The predicted molar refractivity (Wildman–Crippen MR) is 43.1 cm³/mol. The molecule has 0 aliphatic carbocycles. The first kappa shape index (κ1) is 6.22. The number of aliphatic imine (C=N–C) groups is 1. The quantitative estimate of drug-likeness (QED) is 0.560. The van der Waals surface area contributed by atoms with Gasteiger partial charge in [0.05, 0.1) is 0 Å². The van der Waals surface area contributed by atoms with E-state index in [-0.39, 0.29) is 5.88 Å². The Morgan fingerprint density at radius 2 is 2.36 bits per heavy atom. The summed E-state index contributed by atoms with van der Waals surface area (Å²) in [6.45, 7) is 0.700. The number of aliphatic hydroxyl groups excluding tert-OH is 1. The van der Waals surface area contributed by atoms with Crippen molar-refractivity contribution in [1.29, 1.82) is 0 Å². The molecular formula is C8H8N2O. The Hall–Kier alpha value is -1.51. The third-order valence-corrected chi connectivity index (χ3v) is 1.62. The maximum absolute atomic E-state index is 9.04. The highest BCUT2D eigenvalue weighted by Gasteiger charge is 2.11. The minimum Gasteiger partial charge on any atom is -0.493 e. The minimum atomic E-state index is 0.108. The van der Waals surface area contributed by atoms with E-state index in [1.807, 2.05) is 29.3 Å². The van der Waals surface area contributed by atoms with Gasteiger partial charge in [-0.05, 0) is 18.2 Å². The standard InChI is InChI=1S/C8H8N2O/c11-8-4-6-10-5-2-1-3-7(10)9-8/h1-5,11H,6H2. The Balaban J connectivity index is 2.33. The molecule has 56 valence electrons. The van der Waals surface area contributed by atoms with Crippen molar-refractivity contribution in [3.8, 4) is 0 Å². The molecule has 0 aromatic rings. The number of amidine groups is 1. The summed E-state index contributed by atoms with van der Waals surface area (Å²) in [7, 11) is 0. The molecular weight excluding hydrogens is 140 g/mol. The summed E-state index contributed by atoms with van der Waals surface area (Å²) in [5.74, 6) is 0.906. The third kappa shape index (κ3) is 1.05. The Kier molecular flexibility index (Phi) is 1.28. The van der Waals surface area contributed by atoms with Crippen LogP contribution in [-0.2, 0) is 0 Å². The van der Waals surface area contributed by atoms with Gasteiger partial charge in [0, 0.05) is 12.7 Å². The van der Waals surface area contributed by atoms with Crippen LogP contribution in [0.3, 0.4) is 0 Å². The molecule has 3 nitrogen and oxygen atoms in total. The molecule has 0 atom stereocenters. The van der Waals surface area contributed by atoms with Crippen LogP contribution in [0.1, 0.15) is 0 Å². The lowest BCUT2D eigenvalue weighted by Crippen LogP contribution is -2.28. The van der Waals surface area contributed by atoms with Gasteiger partial charge >= 0.3 is 0 Å². The van der Waals surface area contributed by atoms with Gasteiger partial charge in [-0.3, -0.25) is 0 Å². The zero-order valence-corrected chi connectivity index (χ0v) is 5.94. The average molecular weight is 148 g/mol. The van der Waals surface area contributed by atoms with Crippen molar-refractivity contribution in [3.05, 3.63) is 36.4 Å². The Bertz CT molecular complexity index is 286. The maximum atomic E-state index is 9.04. The van der Waals surface area contributed by atoms with Crippen LogP contribution in [0.25, 0.3) is 0 Å². The predicted octanol–water partition coefficient (Wildman–Crippen LogP) is 1.18. The van der Waals surface area contributed by atoms with Gasteiger partial charge in [0.15, 0.2) is 0 Å². The van der Waals surface area contributed by atoms with E-state index in [9.17, 15) is 0 Å². The molecule has 0 spiro atoms. The average Bonchev–Trinajstić information content (AvgIpc) is 2.04. The summed E-state index contributed by atoms with van der Waals surface area (Å²) in [5.41, 5.74) is 0. The lowest BCUT2D eigenvalue weighted by atomic mass is 10.3. The molecule has 0 radical (unpaired) electrons. The first-order valence-corrected chi connectivity index (χ1v) is 3.45. The molecule has 0 saturated heterocycles. The summed E-state index contributed by atoms with van der Waals surface area (Å²) in [5, 5.41) is 9.04. The van der Waals surface area contributed by atoms with Gasteiger partial charge in [-0.2, -0.15) is 4.99 Å². The molecule has 0 amide bonds. The molecule has 1 N–H and O–H groups in total. The van der Waals surface area contributed by atoms with Crippen LogP contribution in [0.5, 0.6) is 0 Å².